The monoisotopic (exact) mass is 245 g/mol. The fourth-order valence-electron chi connectivity index (χ4n) is 3.32. The number of hydrogen-bond donors (Lipinski definition) is 2. The van der Waals surface area contributed by atoms with E-state index in [2.05, 4.69) is 5.32 Å². The Labute approximate surface area is 107 Å². The number of carboxylic acid groups (broad SMARTS) is 1. The van der Waals surface area contributed by atoms with Crippen LogP contribution in [0.15, 0.2) is 24.3 Å². The number of aromatic carboxylic acids is 1. The molecule has 96 valence electrons. The number of hydrogen-bond acceptors (Lipinski definition) is 2. The molecule has 18 heavy (non-hydrogen) atoms. The van der Waals surface area contributed by atoms with Gasteiger partial charge in [0.15, 0.2) is 0 Å². The van der Waals surface area contributed by atoms with Crippen LogP contribution in [0.1, 0.15) is 48.0 Å². The molecular weight excluding hydrogens is 226 g/mol. The van der Waals surface area contributed by atoms with Crippen LogP contribution >= 0.6 is 0 Å². The molecule has 1 aromatic carbocycles. The van der Waals surface area contributed by atoms with Crippen LogP contribution in [0.2, 0.25) is 0 Å². The van der Waals surface area contributed by atoms with Crippen molar-refractivity contribution in [3.05, 3.63) is 35.4 Å². The van der Waals surface area contributed by atoms with Gasteiger partial charge in [0.25, 0.3) is 0 Å². The predicted molar refractivity (Wildman–Crippen MR) is 69.5 cm³/mol. The van der Waals surface area contributed by atoms with E-state index in [4.69, 9.17) is 5.11 Å². The van der Waals surface area contributed by atoms with Gasteiger partial charge in [-0.15, -0.1) is 0 Å². The zero-order chi connectivity index (χ0) is 12.6. The lowest BCUT2D eigenvalue weighted by molar-refractivity contribution is 0.0696. The highest BCUT2D eigenvalue weighted by Gasteiger charge is 2.54. The molecule has 0 radical (unpaired) electrons. The minimum atomic E-state index is -0.851. The van der Waals surface area contributed by atoms with Crippen molar-refractivity contribution in [2.45, 2.75) is 44.7 Å². The van der Waals surface area contributed by atoms with Gasteiger partial charge < -0.3 is 10.4 Å². The second-order valence-corrected chi connectivity index (χ2v) is 5.71. The van der Waals surface area contributed by atoms with E-state index in [0.717, 1.165) is 12.1 Å². The first-order chi connectivity index (χ1) is 8.70. The Morgan fingerprint density at radius 3 is 2.89 bits per heavy atom. The molecule has 0 amide bonds. The zero-order valence-corrected chi connectivity index (χ0v) is 10.5. The molecule has 1 unspecified atom stereocenters. The summed E-state index contributed by atoms with van der Waals surface area (Å²) < 4.78 is 0. The Morgan fingerprint density at radius 1 is 1.39 bits per heavy atom. The molecule has 1 spiro atoms. The third-order valence-electron chi connectivity index (χ3n) is 4.52. The van der Waals surface area contributed by atoms with Crippen molar-refractivity contribution in [1.82, 2.24) is 5.32 Å². The Morgan fingerprint density at radius 2 is 2.17 bits per heavy atom. The van der Waals surface area contributed by atoms with Crippen molar-refractivity contribution < 1.29 is 9.90 Å². The third-order valence-corrected chi connectivity index (χ3v) is 4.52. The lowest BCUT2D eigenvalue weighted by atomic mass is 10.1. The second kappa shape index (κ2) is 4.39. The lowest BCUT2D eigenvalue weighted by Crippen LogP contribution is -2.21. The maximum atomic E-state index is 10.9. The molecule has 0 aliphatic heterocycles. The number of carboxylic acids is 1. The molecule has 2 aliphatic carbocycles. The van der Waals surface area contributed by atoms with Gasteiger partial charge in [-0.1, -0.05) is 25.0 Å². The molecule has 3 nitrogen and oxygen atoms in total. The summed E-state index contributed by atoms with van der Waals surface area (Å²) in [5, 5.41) is 12.5. The molecule has 0 aromatic heterocycles. The maximum absolute atomic E-state index is 10.9. The SMILES string of the molecule is O=C(O)c1cccc(CNC2CC23CCCC3)c1. The molecule has 0 bridgehead atoms. The molecule has 0 heterocycles. The first-order valence-electron chi connectivity index (χ1n) is 6.75. The average Bonchev–Trinajstić information content (AvgIpc) is 2.81. The summed E-state index contributed by atoms with van der Waals surface area (Å²) in [6.07, 6.45) is 6.82. The highest BCUT2D eigenvalue weighted by molar-refractivity contribution is 5.87. The van der Waals surface area contributed by atoms with Crippen LogP contribution in [0.3, 0.4) is 0 Å². The summed E-state index contributed by atoms with van der Waals surface area (Å²) in [6, 6.07) is 7.87. The van der Waals surface area contributed by atoms with Crippen LogP contribution in [0.5, 0.6) is 0 Å². The summed E-state index contributed by atoms with van der Waals surface area (Å²) in [5.41, 5.74) is 2.04. The molecule has 3 heteroatoms. The quantitative estimate of drug-likeness (QED) is 0.857. The molecule has 3 rings (SSSR count). The standard InChI is InChI=1S/C15H19NO2/c17-14(18)12-5-3-4-11(8-12)10-16-13-9-15(13)6-1-2-7-15/h3-5,8,13,16H,1-2,6-7,9-10H2,(H,17,18). The minimum Gasteiger partial charge on any atom is -0.478 e. The summed E-state index contributed by atoms with van der Waals surface area (Å²) >= 11 is 0. The average molecular weight is 245 g/mol. The summed E-state index contributed by atoms with van der Waals surface area (Å²) in [5.74, 6) is -0.851. The summed E-state index contributed by atoms with van der Waals surface area (Å²) in [6.45, 7) is 0.785. The maximum Gasteiger partial charge on any atom is 0.335 e. The van der Waals surface area contributed by atoms with Crippen molar-refractivity contribution >= 4 is 5.97 Å². The van der Waals surface area contributed by atoms with Crippen molar-refractivity contribution in [2.75, 3.05) is 0 Å². The fraction of sp³-hybridized carbons (Fsp3) is 0.533. The zero-order valence-electron chi connectivity index (χ0n) is 10.5. The van der Waals surface area contributed by atoms with Crippen LogP contribution < -0.4 is 5.32 Å². The lowest BCUT2D eigenvalue weighted by Gasteiger charge is -2.10. The highest BCUT2D eigenvalue weighted by atomic mass is 16.4. The Kier molecular flexibility index (Phi) is 2.86. The van der Waals surface area contributed by atoms with Crippen LogP contribution in [0.25, 0.3) is 0 Å². The normalized spacial score (nSPS) is 24.3. The van der Waals surface area contributed by atoms with E-state index in [0.29, 0.717) is 17.0 Å². The van der Waals surface area contributed by atoms with Crippen molar-refractivity contribution in [3.8, 4) is 0 Å². The molecule has 2 fully saturated rings. The molecular formula is C15H19NO2. The van der Waals surface area contributed by atoms with E-state index in [-0.39, 0.29) is 0 Å². The summed E-state index contributed by atoms with van der Waals surface area (Å²) in [4.78, 5) is 10.9. The molecule has 2 saturated carbocycles. The van der Waals surface area contributed by atoms with E-state index < -0.39 is 5.97 Å². The largest absolute Gasteiger partial charge is 0.478 e. The smallest absolute Gasteiger partial charge is 0.335 e. The Balaban J connectivity index is 1.57. The molecule has 1 aromatic rings. The van der Waals surface area contributed by atoms with E-state index in [1.165, 1.54) is 32.1 Å². The highest BCUT2D eigenvalue weighted by Crippen LogP contribution is 2.57. The van der Waals surface area contributed by atoms with E-state index in [1.807, 2.05) is 12.1 Å². The van der Waals surface area contributed by atoms with Gasteiger partial charge in [-0.05, 0) is 42.4 Å². The van der Waals surface area contributed by atoms with Gasteiger partial charge >= 0.3 is 5.97 Å². The first-order valence-corrected chi connectivity index (χ1v) is 6.75. The topological polar surface area (TPSA) is 49.3 Å². The van der Waals surface area contributed by atoms with E-state index in [1.54, 1.807) is 12.1 Å². The van der Waals surface area contributed by atoms with Gasteiger partial charge in [0, 0.05) is 12.6 Å². The van der Waals surface area contributed by atoms with E-state index in [9.17, 15) is 4.79 Å². The van der Waals surface area contributed by atoms with Crippen molar-refractivity contribution in [3.63, 3.8) is 0 Å². The Hall–Kier alpha value is -1.35. The number of carbonyl (C=O) groups is 1. The van der Waals surface area contributed by atoms with Crippen LogP contribution in [-0.2, 0) is 6.54 Å². The van der Waals surface area contributed by atoms with E-state index >= 15 is 0 Å². The predicted octanol–water partition coefficient (Wildman–Crippen LogP) is 2.81. The molecule has 2 aliphatic rings. The van der Waals surface area contributed by atoms with Crippen LogP contribution in [0, 0.1) is 5.41 Å². The fourth-order valence-corrected chi connectivity index (χ4v) is 3.32. The number of rotatable bonds is 4. The van der Waals surface area contributed by atoms with Gasteiger partial charge in [0.2, 0.25) is 0 Å². The third kappa shape index (κ3) is 2.15. The number of nitrogens with one attached hydrogen (secondary N) is 1. The molecule has 2 N–H and O–H groups in total. The van der Waals surface area contributed by atoms with Crippen LogP contribution in [-0.4, -0.2) is 17.1 Å². The van der Waals surface area contributed by atoms with Gasteiger partial charge in [-0.25, -0.2) is 4.79 Å². The number of benzene rings is 1. The molecule has 1 atom stereocenters. The van der Waals surface area contributed by atoms with Gasteiger partial charge in [0.1, 0.15) is 0 Å². The van der Waals surface area contributed by atoms with Crippen LogP contribution in [0.4, 0.5) is 0 Å². The minimum absolute atomic E-state index is 0.376. The Bertz CT molecular complexity index is 463. The van der Waals surface area contributed by atoms with Gasteiger partial charge in [-0.2, -0.15) is 0 Å². The van der Waals surface area contributed by atoms with Gasteiger partial charge in [-0.3, -0.25) is 0 Å². The first kappa shape index (κ1) is 11.7. The van der Waals surface area contributed by atoms with Gasteiger partial charge in [0.05, 0.1) is 5.56 Å². The molecule has 0 saturated heterocycles. The second-order valence-electron chi connectivity index (χ2n) is 5.71. The van der Waals surface area contributed by atoms with Crippen molar-refractivity contribution in [1.29, 1.82) is 0 Å². The summed E-state index contributed by atoms with van der Waals surface area (Å²) in [7, 11) is 0. The van der Waals surface area contributed by atoms with Crippen molar-refractivity contribution in [2.24, 2.45) is 5.41 Å².